The van der Waals surface area contributed by atoms with Crippen LogP contribution in [0.4, 0.5) is 13.2 Å². The first-order chi connectivity index (χ1) is 22.2. The molecule has 0 spiro atoms. The van der Waals surface area contributed by atoms with Crippen LogP contribution in [0.2, 0.25) is 5.02 Å². The van der Waals surface area contributed by atoms with Gasteiger partial charge in [0.2, 0.25) is 11.8 Å². The number of halogens is 4. The lowest BCUT2D eigenvalue weighted by Gasteiger charge is -2.25. The van der Waals surface area contributed by atoms with Gasteiger partial charge < -0.3 is 25.0 Å². The second-order valence-electron chi connectivity index (χ2n) is 10.8. The smallest absolute Gasteiger partial charge is 0.416 e. The molecule has 0 radical (unpaired) electrons. The summed E-state index contributed by atoms with van der Waals surface area (Å²) in [5.74, 6) is -1.29. The Bertz CT molecular complexity index is 1630. The van der Waals surface area contributed by atoms with Crippen LogP contribution in [0.25, 0.3) is 0 Å². The molecule has 0 saturated carbocycles. The number of aromatic nitrogens is 1. The van der Waals surface area contributed by atoms with Crippen LogP contribution in [0.15, 0.2) is 97.2 Å². The van der Waals surface area contributed by atoms with E-state index in [0.29, 0.717) is 19.6 Å². The van der Waals surface area contributed by atoms with Gasteiger partial charge in [-0.2, -0.15) is 13.2 Å². The van der Waals surface area contributed by atoms with Gasteiger partial charge in [0.15, 0.2) is 0 Å². The van der Waals surface area contributed by atoms with Crippen molar-refractivity contribution in [1.82, 2.24) is 20.5 Å². The van der Waals surface area contributed by atoms with E-state index in [1.54, 1.807) is 4.90 Å². The van der Waals surface area contributed by atoms with E-state index in [0.717, 1.165) is 35.7 Å². The largest absolute Gasteiger partial charge is 0.437 e. The van der Waals surface area contributed by atoms with Gasteiger partial charge in [-0.15, -0.1) is 0 Å². The van der Waals surface area contributed by atoms with Crippen molar-refractivity contribution < 1.29 is 32.2 Å². The molecule has 2 N–H and O–H groups in total. The number of nitrogens with zero attached hydrogens (tertiary/aromatic N) is 2. The van der Waals surface area contributed by atoms with Gasteiger partial charge in [-0.05, 0) is 47.9 Å². The molecule has 1 saturated heterocycles. The van der Waals surface area contributed by atoms with Gasteiger partial charge in [0.1, 0.15) is 17.4 Å². The predicted octanol–water partition coefficient (Wildman–Crippen LogP) is 6.25. The fourth-order valence-corrected chi connectivity index (χ4v) is 5.21. The number of carbonyl (C=O) groups excluding carboxylic acids is 2. The summed E-state index contributed by atoms with van der Waals surface area (Å²) in [5.41, 5.74) is 1.06. The van der Waals surface area contributed by atoms with Crippen LogP contribution in [0.5, 0.6) is 11.6 Å². The minimum Gasteiger partial charge on any atom is -0.437 e. The standard InChI is InChI=1S/C34H32ClF3N4O4/c35-28-18-25(34(36,37)38)13-14-30(28)46-32-27(12-7-16-39-32)31(43)41-29(22-45-21-24-10-5-2-6-11-24)33(44)42-17-15-26(20-42)40-19-23-8-3-1-4-9-23/h1-14,16,18,26,29,40H,15,17,19-22H2,(H,41,43)/t26-,29?/m1/s1. The van der Waals surface area contributed by atoms with Crippen LogP contribution < -0.4 is 15.4 Å². The van der Waals surface area contributed by atoms with Gasteiger partial charge in [0.25, 0.3) is 5.91 Å². The molecule has 1 unspecified atom stereocenters. The molecule has 2 amide bonds. The maximum absolute atomic E-state index is 13.8. The van der Waals surface area contributed by atoms with Gasteiger partial charge in [-0.25, -0.2) is 4.98 Å². The lowest BCUT2D eigenvalue weighted by molar-refractivity contribution is -0.137. The third kappa shape index (κ3) is 8.84. The summed E-state index contributed by atoms with van der Waals surface area (Å²) < 4.78 is 50.9. The van der Waals surface area contributed by atoms with Crippen LogP contribution in [0.3, 0.4) is 0 Å². The second-order valence-corrected chi connectivity index (χ2v) is 11.2. The molecule has 3 aromatic carbocycles. The van der Waals surface area contributed by atoms with Gasteiger partial charge in [-0.3, -0.25) is 9.59 Å². The third-order valence-electron chi connectivity index (χ3n) is 7.42. The number of ether oxygens (including phenoxy) is 2. The first kappa shape index (κ1) is 32.9. The Labute approximate surface area is 269 Å². The molecule has 240 valence electrons. The monoisotopic (exact) mass is 652 g/mol. The highest BCUT2D eigenvalue weighted by Crippen LogP contribution is 2.36. The normalized spacial score (nSPS) is 15.4. The third-order valence-corrected chi connectivity index (χ3v) is 7.71. The fraction of sp³-hybridized carbons (Fsp3) is 0.265. The van der Waals surface area contributed by atoms with Gasteiger partial charge in [0.05, 0.1) is 23.8 Å². The van der Waals surface area contributed by atoms with E-state index < -0.39 is 23.7 Å². The molecule has 1 aromatic heterocycles. The molecule has 2 heterocycles. The quantitative estimate of drug-likeness (QED) is 0.188. The Kier molecular flexibility index (Phi) is 10.9. The molecular weight excluding hydrogens is 621 g/mol. The van der Waals surface area contributed by atoms with Gasteiger partial charge in [-0.1, -0.05) is 72.3 Å². The van der Waals surface area contributed by atoms with Crippen molar-refractivity contribution in [2.45, 2.75) is 37.8 Å². The molecule has 0 bridgehead atoms. The SMILES string of the molecule is O=C(NC(COCc1ccccc1)C(=O)N1CC[C@@H](NCc2ccccc2)C1)c1cccnc1Oc1ccc(C(F)(F)F)cc1Cl. The molecule has 1 fully saturated rings. The summed E-state index contributed by atoms with van der Waals surface area (Å²) in [5, 5.41) is 5.94. The topological polar surface area (TPSA) is 92.8 Å². The minimum absolute atomic E-state index is 0.0387. The molecular formula is C34H32ClF3N4O4. The highest BCUT2D eigenvalue weighted by atomic mass is 35.5. The minimum atomic E-state index is -4.59. The molecule has 46 heavy (non-hydrogen) atoms. The van der Waals surface area contributed by atoms with Crippen molar-refractivity contribution >= 4 is 23.4 Å². The average molecular weight is 653 g/mol. The molecule has 2 atom stereocenters. The van der Waals surface area contributed by atoms with E-state index in [1.165, 1.54) is 18.3 Å². The summed E-state index contributed by atoms with van der Waals surface area (Å²) in [4.78, 5) is 33.1. The van der Waals surface area contributed by atoms with Crippen molar-refractivity contribution in [3.8, 4) is 11.6 Å². The van der Waals surface area contributed by atoms with Crippen molar-refractivity contribution in [3.05, 3.63) is 124 Å². The molecule has 8 nitrogen and oxygen atoms in total. The zero-order chi connectivity index (χ0) is 32.5. The Hall–Kier alpha value is -4.45. The van der Waals surface area contributed by atoms with Crippen LogP contribution in [0, 0.1) is 0 Å². The number of rotatable bonds is 12. The number of pyridine rings is 1. The number of nitrogens with one attached hydrogen (secondary N) is 2. The highest BCUT2D eigenvalue weighted by Gasteiger charge is 2.33. The van der Waals surface area contributed by atoms with E-state index in [2.05, 4.69) is 15.6 Å². The molecule has 12 heteroatoms. The van der Waals surface area contributed by atoms with Crippen LogP contribution >= 0.6 is 11.6 Å². The van der Waals surface area contributed by atoms with Gasteiger partial charge >= 0.3 is 6.18 Å². The summed E-state index contributed by atoms with van der Waals surface area (Å²) in [6.45, 7) is 1.77. The van der Waals surface area contributed by atoms with E-state index in [1.807, 2.05) is 60.7 Å². The van der Waals surface area contributed by atoms with E-state index in [9.17, 15) is 22.8 Å². The lowest BCUT2D eigenvalue weighted by atomic mass is 10.2. The fourth-order valence-electron chi connectivity index (χ4n) is 4.99. The molecule has 4 aromatic rings. The van der Waals surface area contributed by atoms with Crippen molar-refractivity contribution in [3.63, 3.8) is 0 Å². The van der Waals surface area contributed by atoms with Crippen LogP contribution in [-0.2, 0) is 28.9 Å². The molecule has 1 aliphatic heterocycles. The van der Waals surface area contributed by atoms with Gasteiger partial charge in [0, 0.05) is 31.9 Å². The number of hydrogen-bond acceptors (Lipinski definition) is 6. The number of amides is 2. The van der Waals surface area contributed by atoms with Crippen LogP contribution in [0.1, 0.15) is 33.5 Å². The second kappa shape index (κ2) is 15.2. The summed E-state index contributed by atoms with van der Waals surface area (Å²) >= 11 is 6.07. The zero-order valence-corrected chi connectivity index (χ0v) is 25.4. The lowest BCUT2D eigenvalue weighted by Crippen LogP contribution is -2.51. The number of likely N-dealkylation sites (tertiary alicyclic amines) is 1. The number of alkyl halides is 3. The Morgan fingerprint density at radius 1 is 0.978 bits per heavy atom. The molecule has 1 aliphatic rings. The summed E-state index contributed by atoms with van der Waals surface area (Å²) in [7, 11) is 0. The Morgan fingerprint density at radius 3 is 2.39 bits per heavy atom. The number of benzene rings is 3. The van der Waals surface area contributed by atoms with E-state index in [4.69, 9.17) is 21.1 Å². The van der Waals surface area contributed by atoms with E-state index >= 15 is 0 Å². The number of carbonyl (C=O) groups is 2. The maximum Gasteiger partial charge on any atom is 0.416 e. The summed E-state index contributed by atoms with van der Waals surface area (Å²) in [6.07, 6.45) is -2.48. The van der Waals surface area contributed by atoms with Crippen molar-refractivity contribution in [1.29, 1.82) is 0 Å². The Balaban J connectivity index is 1.28. The predicted molar refractivity (Wildman–Crippen MR) is 166 cm³/mol. The Morgan fingerprint density at radius 2 is 1.70 bits per heavy atom. The first-order valence-corrected chi connectivity index (χ1v) is 15.0. The average Bonchev–Trinajstić information content (AvgIpc) is 3.54. The maximum atomic E-state index is 13.8. The van der Waals surface area contributed by atoms with Crippen molar-refractivity contribution in [2.75, 3.05) is 19.7 Å². The molecule has 0 aliphatic carbocycles. The first-order valence-electron chi connectivity index (χ1n) is 14.7. The number of hydrogen-bond donors (Lipinski definition) is 2. The zero-order valence-electron chi connectivity index (χ0n) is 24.7. The molecule has 5 rings (SSSR count). The highest BCUT2D eigenvalue weighted by molar-refractivity contribution is 6.32. The van der Waals surface area contributed by atoms with Crippen molar-refractivity contribution in [2.24, 2.45) is 0 Å². The van der Waals surface area contributed by atoms with E-state index in [-0.39, 0.29) is 47.4 Å². The summed E-state index contributed by atoms with van der Waals surface area (Å²) in [6, 6.07) is 24.0. The van der Waals surface area contributed by atoms with Crippen LogP contribution in [-0.4, -0.2) is 53.5 Å².